The Bertz CT molecular complexity index is 579. The highest BCUT2D eigenvalue weighted by Crippen LogP contribution is 2.21. The third kappa shape index (κ3) is 3.91. The molecule has 0 unspecified atom stereocenters. The molecule has 0 radical (unpaired) electrons. The standard InChI is InChI=1S/C15H16BrNOS/c1-11-5-3-4-6-13(11)8-15(18)17(2)9-12-7-14(16)19-10-12/h3-7,10H,8-9H2,1-2H3. The van der Waals surface area contributed by atoms with Gasteiger partial charge in [0.1, 0.15) is 0 Å². The second-order valence-corrected chi connectivity index (χ2v) is 6.90. The molecule has 2 aromatic rings. The van der Waals surface area contributed by atoms with Crippen molar-refractivity contribution in [2.75, 3.05) is 7.05 Å². The number of rotatable bonds is 4. The zero-order chi connectivity index (χ0) is 13.8. The molecule has 0 N–H and O–H groups in total. The molecule has 2 nitrogen and oxygen atoms in total. The molecule has 0 aliphatic rings. The summed E-state index contributed by atoms with van der Waals surface area (Å²) in [6.45, 7) is 2.70. The van der Waals surface area contributed by atoms with Crippen molar-refractivity contribution in [3.63, 3.8) is 0 Å². The van der Waals surface area contributed by atoms with E-state index in [1.54, 1.807) is 16.2 Å². The molecule has 0 saturated carbocycles. The first-order chi connectivity index (χ1) is 9.06. The van der Waals surface area contributed by atoms with Gasteiger partial charge in [-0.05, 0) is 51.0 Å². The summed E-state index contributed by atoms with van der Waals surface area (Å²) < 4.78 is 1.10. The smallest absolute Gasteiger partial charge is 0.227 e. The maximum absolute atomic E-state index is 12.2. The molecule has 0 aliphatic heterocycles. The van der Waals surface area contributed by atoms with Gasteiger partial charge in [-0.2, -0.15) is 0 Å². The molecule has 4 heteroatoms. The van der Waals surface area contributed by atoms with E-state index in [4.69, 9.17) is 0 Å². The van der Waals surface area contributed by atoms with Gasteiger partial charge in [-0.15, -0.1) is 11.3 Å². The summed E-state index contributed by atoms with van der Waals surface area (Å²) in [7, 11) is 1.85. The average molecular weight is 338 g/mol. The molecule has 19 heavy (non-hydrogen) atoms. The zero-order valence-electron chi connectivity index (χ0n) is 11.0. The Morgan fingerprint density at radius 3 is 2.74 bits per heavy atom. The van der Waals surface area contributed by atoms with Crippen LogP contribution in [-0.2, 0) is 17.8 Å². The van der Waals surface area contributed by atoms with Crippen molar-refractivity contribution in [2.24, 2.45) is 0 Å². The maximum atomic E-state index is 12.2. The van der Waals surface area contributed by atoms with Crippen molar-refractivity contribution >= 4 is 33.2 Å². The van der Waals surface area contributed by atoms with Crippen molar-refractivity contribution < 1.29 is 4.79 Å². The van der Waals surface area contributed by atoms with Crippen molar-refractivity contribution in [2.45, 2.75) is 19.9 Å². The molecule has 1 amide bonds. The SMILES string of the molecule is Cc1ccccc1CC(=O)N(C)Cc1csc(Br)c1. The van der Waals surface area contributed by atoms with Gasteiger partial charge >= 0.3 is 0 Å². The van der Waals surface area contributed by atoms with E-state index >= 15 is 0 Å². The van der Waals surface area contributed by atoms with Crippen LogP contribution in [0.15, 0.2) is 39.5 Å². The number of hydrogen-bond donors (Lipinski definition) is 0. The number of hydrogen-bond acceptors (Lipinski definition) is 2. The van der Waals surface area contributed by atoms with Crippen LogP contribution < -0.4 is 0 Å². The summed E-state index contributed by atoms with van der Waals surface area (Å²) in [6.07, 6.45) is 0.467. The van der Waals surface area contributed by atoms with Crippen LogP contribution in [0.5, 0.6) is 0 Å². The average Bonchev–Trinajstić information content (AvgIpc) is 2.77. The van der Waals surface area contributed by atoms with E-state index in [9.17, 15) is 4.79 Å². The highest BCUT2D eigenvalue weighted by molar-refractivity contribution is 9.11. The van der Waals surface area contributed by atoms with Gasteiger partial charge in [-0.3, -0.25) is 4.79 Å². The van der Waals surface area contributed by atoms with Crippen LogP contribution in [0.3, 0.4) is 0 Å². The van der Waals surface area contributed by atoms with Crippen LogP contribution in [-0.4, -0.2) is 17.9 Å². The van der Waals surface area contributed by atoms with Crippen LogP contribution in [0.25, 0.3) is 0 Å². The fourth-order valence-corrected chi connectivity index (χ4v) is 3.10. The van der Waals surface area contributed by atoms with Crippen LogP contribution in [0.2, 0.25) is 0 Å². The molecule has 1 heterocycles. The topological polar surface area (TPSA) is 20.3 Å². The first-order valence-electron chi connectivity index (χ1n) is 6.07. The van der Waals surface area contributed by atoms with Gasteiger partial charge in [0.15, 0.2) is 0 Å². The Labute approximate surface area is 126 Å². The summed E-state index contributed by atoms with van der Waals surface area (Å²) in [5.74, 6) is 0.150. The Balaban J connectivity index is 1.98. The molecule has 2 rings (SSSR count). The lowest BCUT2D eigenvalue weighted by molar-refractivity contribution is -0.129. The Morgan fingerprint density at radius 1 is 1.37 bits per heavy atom. The number of likely N-dealkylation sites (N-methyl/N-ethyl adjacent to an activating group) is 1. The van der Waals surface area contributed by atoms with Gasteiger partial charge in [0.25, 0.3) is 0 Å². The van der Waals surface area contributed by atoms with E-state index in [1.165, 1.54) is 5.56 Å². The van der Waals surface area contributed by atoms with Crippen LogP contribution in [0, 0.1) is 6.92 Å². The molecule has 0 spiro atoms. The first-order valence-corrected chi connectivity index (χ1v) is 7.75. The predicted molar refractivity (Wildman–Crippen MR) is 83.4 cm³/mol. The fraction of sp³-hybridized carbons (Fsp3) is 0.267. The van der Waals surface area contributed by atoms with Crippen LogP contribution in [0.1, 0.15) is 16.7 Å². The highest BCUT2D eigenvalue weighted by Gasteiger charge is 2.12. The summed E-state index contributed by atoms with van der Waals surface area (Å²) in [4.78, 5) is 14.0. The summed E-state index contributed by atoms with van der Waals surface area (Å²) in [5.41, 5.74) is 3.44. The van der Waals surface area contributed by atoms with Gasteiger partial charge in [-0.25, -0.2) is 0 Å². The maximum Gasteiger partial charge on any atom is 0.227 e. The molecule has 0 bridgehead atoms. The number of carbonyl (C=O) groups is 1. The Kier molecular flexibility index (Phi) is 4.77. The zero-order valence-corrected chi connectivity index (χ0v) is 13.4. The van der Waals surface area contributed by atoms with Crippen molar-refractivity contribution in [1.82, 2.24) is 4.90 Å². The normalized spacial score (nSPS) is 10.5. The van der Waals surface area contributed by atoms with Crippen molar-refractivity contribution in [3.8, 4) is 0 Å². The third-order valence-electron chi connectivity index (χ3n) is 3.07. The molecule has 0 atom stereocenters. The van der Waals surface area contributed by atoms with E-state index in [1.807, 2.05) is 38.2 Å². The van der Waals surface area contributed by atoms with Gasteiger partial charge < -0.3 is 4.90 Å². The van der Waals surface area contributed by atoms with Gasteiger partial charge in [0, 0.05) is 13.6 Å². The van der Waals surface area contributed by atoms with E-state index < -0.39 is 0 Å². The van der Waals surface area contributed by atoms with E-state index in [2.05, 4.69) is 27.4 Å². The molecule has 0 saturated heterocycles. The fourth-order valence-electron chi connectivity index (χ4n) is 1.90. The molecule has 100 valence electrons. The summed E-state index contributed by atoms with van der Waals surface area (Å²) in [6, 6.07) is 10.1. The van der Waals surface area contributed by atoms with E-state index in [0.717, 1.165) is 14.9 Å². The number of nitrogens with zero attached hydrogens (tertiary/aromatic N) is 1. The molecule has 1 aromatic heterocycles. The summed E-state index contributed by atoms with van der Waals surface area (Å²) >= 11 is 5.08. The minimum atomic E-state index is 0.150. The van der Waals surface area contributed by atoms with E-state index in [0.29, 0.717) is 13.0 Å². The van der Waals surface area contributed by atoms with Gasteiger partial charge in [-0.1, -0.05) is 24.3 Å². The Hall–Kier alpha value is -1.13. The number of halogens is 1. The number of benzene rings is 1. The molecular formula is C15H16BrNOS. The lowest BCUT2D eigenvalue weighted by Gasteiger charge is -2.17. The minimum absolute atomic E-state index is 0.150. The highest BCUT2D eigenvalue weighted by atomic mass is 79.9. The predicted octanol–water partition coefficient (Wildman–Crippen LogP) is 4.02. The quantitative estimate of drug-likeness (QED) is 0.825. The van der Waals surface area contributed by atoms with Crippen molar-refractivity contribution in [1.29, 1.82) is 0 Å². The second kappa shape index (κ2) is 6.35. The van der Waals surface area contributed by atoms with Crippen LogP contribution >= 0.6 is 27.3 Å². The van der Waals surface area contributed by atoms with Crippen LogP contribution in [0.4, 0.5) is 0 Å². The number of carbonyl (C=O) groups excluding carboxylic acids is 1. The van der Waals surface area contributed by atoms with Gasteiger partial charge in [0.2, 0.25) is 5.91 Å². The van der Waals surface area contributed by atoms with Gasteiger partial charge in [0.05, 0.1) is 10.2 Å². The first kappa shape index (κ1) is 14.3. The third-order valence-corrected chi connectivity index (χ3v) is 4.62. The summed E-state index contributed by atoms with van der Waals surface area (Å²) in [5, 5.41) is 2.07. The second-order valence-electron chi connectivity index (χ2n) is 4.61. The number of amides is 1. The number of thiophene rings is 1. The molecule has 0 fully saturated rings. The monoisotopic (exact) mass is 337 g/mol. The largest absolute Gasteiger partial charge is 0.341 e. The lowest BCUT2D eigenvalue weighted by atomic mass is 10.1. The Morgan fingerprint density at radius 2 is 2.11 bits per heavy atom. The molecule has 0 aliphatic carbocycles. The van der Waals surface area contributed by atoms with E-state index in [-0.39, 0.29) is 5.91 Å². The number of aryl methyl sites for hydroxylation is 1. The molecule has 1 aromatic carbocycles. The molecular weight excluding hydrogens is 322 g/mol. The lowest BCUT2D eigenvalue weighted by Crippen LogP contribution is -2.27. The van der Waals surface area contributed by atoms with Crippen molar-refractivity contribution in [3.05, 3.63) is 56.2 Å². The minimum Gasteiger partial charge on any atom is -0.341 e.